The number of aliphatic hydroxyl groups excluding tert-OH is 1. The lowest BCUT2D eigenvalue weighted by molar-refractivity contribution is 0.0565. The molecule has 112 valence electrons. The van der Waals surface area contributed by atoms with E-state index in [0.717, 1.165) is 11.3 Å². The van der Waals surface area contributed by atoms with Crippen LogP contribution in [0.2, 0.25) is 0 Å². The van der Waals surface area contributed by atoms with Gasteiger partial charge >= 0.3 is 6.03 Å². The van der Waals surface area contributed by atoms with Gasteiger partial charge in [0.15, 0.2) is 0 Å². The van der Waals surface area contributed by atoms with Gasteiger partial charge in [-0.3, -0.25) is 0 Å². The summed E-state index contributed by atoms with van der Waals surface area (Å²) in [5.74, 6) is 0. The van der Waals surface area contributed by atoms with E-state index in [0.29, 0.717) is 13.0 Å². The molecule has 1 rings (SSSR count). The number of rotatable bonds is 4. The summed E-state index contributed by atoms with van der Waals surface area (Å²) in [4.78, 5) is 11.7. The maximum absolute atomic E-state index is 11.7. The van der Waals surface area contributed by atoms with Crippen molar-refractivity contribution in [2.24, 2.45) is 5.41 Å². The summed E-state index contributed by atoms with van der Waals surface area (Å²) in [7, 11) is 0. The van der Waals surface area contributed by atoms with E-state index in [-0.39, 0.29) is 11.4 Å². The molecular formula is C16H26N2O2. The van der Waals surface area contributed by atoms with E-state index in [1.807, 2.05) is 52.8 Å². The summed E-state index contributed by atoms with van der Waals surface area (Å²) in [6.07, 6.45) is 0.119. The molecule has 1 aromatic carbocycles. The summed E-state index contributed by atoms with van der Waals surface area (Å²) in [6, 6.07) is 5.56. The second-order valence-corrected chi connectivity index (χ2v) is 6.35. The fraction of sp³-hybridized carbons (Fsp3) is 0.562. The number of aliphatic hydroxyl groups is 1. The highest BCUT2D eigenvalue weighted by molar-refractivity contribution is 5.89. The number of anilines is 1. The molecule has 1 atom stereocenters. The minimum absolute atomic E-state index is 0.160. The Labute approximate surface area is 121 Å². The summed E-state index contributed by atoms with van der Waals surface area (Å²) in [5.41, 5.74) is 2.96. The van der Waals surface area contributed by atoms with E-state index >= 15 is 0 Å². The highest BCUT2D eigenvalue weighted by atomic mass is 16.3. The van der Waals surface area contributed by atoms with Crippen molar-refractivity contribution < 1.29 is 9.90 Å². The van der Waals surface area contributed by atoms with Crippen molar-refractivity contribution in [3.05, 3.63) is 29.3 Å². The number of urea groups is 1. The molecule has 0 aromatic heterocycles. The monoisotopic (exact) mass is 278 g/mol. The van der Waals surface area contributed by atoms with Crippen molar-refractivity contribution in [2.75, 3.05) is 11.9 Å². The SMILES string of the molecule is Cc1ccc(NC(=O)NCCC(O)C(C)(C)C)cc1C. The Hall–Kier alpha value is -1.55. The van der Waals surface area contributed by atoms with Crippen LogP contribution in [-0.2, 0) is 0 Å². The van der Waals surface area contributed by atoms with Crippen LogP contribution >= 0.6 is 0 Å². The van der Waals surface area contributed by atoms with Gasteiger partial charge in [-0.2, -0.15) is 0 Å². The average molecular weight is 278 g/mol. The van der Waals surface area contributed by atoms with Gasteiger partial charge in [-0.1, -0.05) is 26.8 Å². The Morgan fingerprint density at radius 3 is 2.45 bits per heavy atom. The molecule has 0 heterocycles. The second kappa shape index (κ2) is 6.75. The molecule has 0 spiro atoms. The lowest BCUT2D eigenvalue weighted by Crippen LogP contribution is -2.34. The van der Waals surface area contributed by atoms with Gasteiger partial charge in [0, 0.05) is 12.2 Å². The molecule has 1 unspecified atom stereocenters. The number of hydrogen-bond donors (Lipinski definition) is 3. The van der Waals surface area contributed by atoms with E-state index in [4.69, 9.17) is 0 Å². The van der Waals surface area contributed by atoms with E-state index in [2.05, 4.69) is 10.6 Å². The van der Waals surface area contributed by atoms with Gasteiger partial charge < -0.3 is 15.7 Å². The van der Waals surface area contributed by atoms with Crippen LogP contribution < -0.4 is 10.6 Å². The van der Waals surface area contributed by atoms with Gasteiger partial charge in [0.25, 0.3) is 0 Å². The van der Waals surface area contributed by atoms with E-state index in [1.165, 1.54) is 5.56 Å². The molecule has 3 N–H and O–H groups in total. The van der Waals surface area contributed by atoms with Gasteiger partial charge in [-0.25, -0.2) is 4.79 Å². The van der Waals surface area contributed by atoms with Gasteiger partial charge in [-0.15, -0.1) is 0 Å². The van der Waals surface area contributed by atoms with Gasteiger partial charge in [0.05, 0.1) is 6.10 Å². The molecule has 4 nitrogen and oxygen atoms in total. The molecule has 0 saturated heterocycles. The third-order valence-corrected chi connectivity index (χ3v) is 3.47. The first-order valence-corrected chi connectivity index (χ1v) is 7.00. The van der Waals surface area contributed by atoms with Crippen LogP contribution in [0.15, 0.2) is 18.2 Å². The van der Waals surface area contributed by atoms with E-state index in [9.17, 15) is 9.90 Å². The molecule has 20 heavy (non-hydrogen) atoms. The summed E-state index contributed by atoms with van der Waals surface area (Å²) in [5, 5.41) is 15.4. The van der Waals surface area contributed by atoms with Crippen molar-refractivity contribution in [3.8, 4) is 0 Å². The maximum Gasteiger partial charge on any atom is 0.319 e. The Balaban J connectivity index is 2.39. The highest BCUT2D eigenvalue weighted by Gasteiger charge is 2.21. The van der Waals surface area contributed by atoms with Gasteiger partial charge in [0.2, 0.25) is 0 Å². The Morgan fingerprint density at radius 1 is 1.25 bits per heavy atom. The Bertz CT molecular complexity index is 464. The van der Waals surface area contributed by atoms with Gasteiger partial charge in [-0.05, 0) is 48.9 Å². The summed E-state index contributed by atoms with van der Waals surface area (Å²) in [6.45, 7) is 10.4. The van der Waals surface area contributed by atoms with Crippen LogP contribution in [0.5, 0.6) is 0 Å². The number of nitrogens with one attached hydrogen (secondary N) is 2. The number of aryl methyl sites for hydroxylation is 2. The zero-order valence-corrected chi connectivity index (χ0v) is 13.1. The summed E-state index contributed by atoms with van der Waals surface area (Å²) >= 11 is 0. The van der Waals surface area contributed by atoms with Crippen LogP contribution in [0.3, 0.4) is 0 Å². The second-order valence-electron chi connectivity index (χ2n) is 6.35. The number of carbonyl (C=O) groups is 1. The molecule has 0 saturated carbocycles. The molecule has 0 bridgehead atoms. The fourth-order valence-electron chi connectivity index (χ4n) is 1.75. The van der Waals surface area contributed by atoms with Crippen LogP contribution in [0.1, 0.15) is 38.3 Å². The normalized spacial score (nSPS) is 12.9. The predicted octanol–water partition coefficient (Wildman–Crippen LogP) is 3.22. The van der Waals surface area contributed by atoms with Crippen molar-refractivity contribution >= 4 is 11.7 Å². The topological polar surface area (TPSA) is 61.4 Å². The quantitative estimate of drug-likeness (QED) is 0.792. The highest BCUT2D eigenvalue weighted by Crippen LogP contribution is 2.21. The molecule has 0 radical (unpaired) electrons. The third kappa shape index (κ3) is 5.21. The Kier molecular flexibility index (Phi) is 5.57. The molecule has 1 aromatic rings. The average Bonchev–Trinajstić information content (AvgIpc) is 2.32. The van der Waals surface area contributed by atoms with Crippen molar-refractivity contribution in [1.82, 2.24) is 5.32 Å². The number of carbonyl (C=O) groups excluding carboxylic acids is 1. The third-order valence-electron chi connectivity index (χ3n) is 3.47. The van der Waals surface area contributed by atoms with Crippen LogP contribution in [-0.4, -0.2) is 23.8 Å². The van der Waals surface area contributed by atoms with Crippen molar-refractivity contribution in [1.29, 1.82) is 0 Å². The minimum atomic E-state index is -0.426. The lowest BCUT2D eigenvalue weighted by atomic mass is 9.87. The molecule has 0 aliphatic heterocycles. The Morgan fingerprint density at radius 2 is 1.90 bits per heavy atom. The largest absolute Gasteiger partial charge is 0.393 e. The standard InChI is InChI=1S/C16H26N2O2/c1-11-6-7-13(10-12(11)2)18-15(20)17-9-8-14(19)16(3,4)5/h6-7,10,14,19H,8-9H2,1-5H3,(H2,17,18,20). The van der Waals surface area contributed by atoms with Crippen LogP contribution in [0, 0.1) is 19.3 Å². The zero-order valence-electron chi connectivity index (χ0n) is 13.1. The molecule has 0 aliphatic carbocycles. The molecular weight excluding hydrogens is 252 g/mol. The van der Waals surface area contributed by atoms with Crippen molar-refractivity contribution in [3.63, 3.8) is 0 Å². The van der Waals surface area contributed by atoms with Gasteiger partial charge in [0.1, 0.15) is 0 Å². The van der Waals surface area contributed by atoms with Crippen LogP contribution in [0.4, 0.5) is 10.5 Å². The first kappa shape index (κ1) is 16.5. The van der Waals surface area contributed by atoms with E-state index < -0.39 is 6.10 Å². The first-order chi connectivity index (χ1) is 9.20. The van der Waals surface area contributed by atoms with Crippen LogP contribution in [0.25, 0.3) is 0 Å². The fourth-order valence-corrected chi connectivity index (χ4v) is 1.75. The number of amides is 2. The number of hydrogen-bond acceptors (Lipinski definition) is 2. The lowest BCUT2D eigenvalue weighted by Gasteiger charge is -2.25. The smallest absolute Gasteiger partial charge is 0.319 e. The maximum atomic E-state index is 11.7. The zero-order chi connectivity index (χ0) is 15.3. The first-order valence-electron chi connectivity index (χ1n) is 7.00. The van der Waals surface area contributed by atoms with E-state index in [1.54, 1.807) is 0 Å². The molecule has 0 aliphatic rings. The predicted molar refractivity (Wildman–Crippen MR) is 83.0 cm³/mol. The minimum Gasteiger partial charge on any atom is -0.393 e. The molecule has 2 amide bonds. The molecule has 4 heteroatoms. The van der Waals surface area contributed by atoms with Crippen molar-refractivity contribution in [2.45, 2.75) is 47.1 Å². The summed E-state index contributed by atoms with van der Waals surface area (Å²) < 4.78 is 0. The number of benzene rings is 1. The molecule has 0 fully saturated rings.